The average molecular weight is 243 g/mol. The number of hydrogen-bond donors (Lipinski definition) is 2. The van der Waals surface area contributed by atoms with E-state index in [0.29, 0.717) is 6.54 Å². The van der Waals surface area contributed by atoms with E-state index in [0.717, 1.165) is 35.3 Å². The molecule has 0 atom stereocenters. The van der Waals surface area contributed by atoms with Gasteiger partial charge in [0.05, 0.1) is 11.0 Å². The van der Waals surface area contributed by atoms with Crippen LogP contribution in [-0.2, 0) is 11.3 Å². The fraction of sp³-hybridized carbons (Fsp3) is 0.429. The lowest BCUT2D eigenvalue weighted by molar-refractivity contribution is -0.127. The predicted molar refractivity (Wildman–Crippen MR) is 70.0 cm³/mol. The third kappa shape index (κ3) is 2.10. The molecular formula is C14H17N3O. The first-order valence-corrected chi connectivity index (χ1v) is 6.45. The van der Waals surface area contributed by atoms with Crippen molar-refractivity contribution in [2.24, 2.45) is 5.92 Å². The number of benzene rings is 1. The van der Waals surface area contributed by atoms with Crippen molar-refractivity contribution < 1.29 is 4.79 Å². The van der Waals surface area contributed by atoms with Crippen LogP contribution in [0.15, 0.2) is 18.2 Å². The highest BCUT2D eigenvalue weighted by Crippen LogP contribution is 2.26. The van der Waals surface area contributed by atoms with Crippen molar-refractivity contribution in [1.29, 1.82) is 0 Å². The molecule has 4 nitrogen and oxygen atoms in total. The zero-order valence-electron chi connectivity index (χ0n) is 10.5. The van der Waals surface area contributed by atoms with Crippen LogP contribution in [-0.4, -0.2) is 15.9 Å². The molecule has 18 heavy (non-hydrogen) atoms. The molecule has 0 radical (unpaired) electrons. The van der Waals surface area contributed by atoms with Crippen molar-refractivity contribution in [3.05, 3.63) is 29.6 Å². The van der Waals surface area contributed by atoms with Crippen LogP contribution in [0.4, 0.5) is 0 Å². The number of hydrogen-bond acceptors (Lipinski definition) is 2. The standard InChI is InChI=1S/C14H17N3O/c1-9-16-12-6-5-10(7-13(12)17-9)8-15-14(18)11-3-2-4-11/h5-7,11H,2-4,8H2,1H3,(H,15,18)(H,16,17). The summed E-state index contributed by atoms with van der Waals surface area (Å²) in [6.45, 7) is 2.54. The third-order valence-electron chi connectivity index (χ3n) is 3.61. The molecule has 1 aromatic carbocycles. The molecular weight excluding hydrogens is 226 g/mol. The van der Waals surface area contributed by atoms with Crippen LogP contribution in [0.1, 0.15) is 30.7 Å². The van der Waals surface area contributed by atoms with E-state index in [1.807, 2.05) is 19.1 Å². The Morgan fingerprint density at radius 1 is 1.50 bits per heavy atom. The van der Waals surface area contributed by atoms with Gasteiger partial charge in [-0.1, -0.05) is 12.5 Å². The van der Waals surface area contributed by atoms with Gasteiger partial charge in [-0.2, -0.15) is 0 Å². The van der Waals surface area contributed by atoms with Gasteiger partial charge in [0.2, 0.25) is 5.91 Å². The maximum absolute atomic E-state index is 11.7. The normalized spacial score (nSPS) is 15.6. The first-order valence-electron chi connectivity index (χ1n) is 6.45. The number of carbonyl (C=O) groups is 1. The quantitative estimate of drug-likeness (QED) is 0.869. The van der Waals surface area contributed by atoms with Crippen molar-refractivity contribution in [2.45, 2.75) is 32.7 Å². The van der Waals surface area contributed by atoms with Gasteiger partial charge in [0, 0.05) is 12.5 Å². The largest absolute Gasteiger partial charge is 0.352 e. The molecule has 1 aliphatic carbocycles. The lowest BCUT2D eigenvalue weighted by atomic mass is 9.85. The summed E-state index contributed by atoms with van der Waals surface area (Å²) >= 11 is 0. The monoisotopic (exact) mass is 243 g/mol. The summed E-state index contributed by atoms with van der Waals surface area (Å²) in [5.41, 5.74) is 3.11. The van der Waals surface area contributed by atoms with Crippen molar-refractivity contribution in [2.75, 3.05) is 0 Å². The van der Waals surface area contributed by atoms with Crippen molar-refractivity contribution in [1.82, 2.24) is 15.3 Å². The lowest BCUT2D eigenvalue weighted by Crippen LogP contribution is -2.33. The Bertz CT molecular complexity index is 584. The zero-order valence-corrected chi connectivity index (χ0v) is 10.5. The van der Waals surface area contributed by atoms with E-state index < -0.39 is 0 Å². The summed E-state index contributed by atoms with van der Waals surface area (Å²) in [7, 11) is 0. The van der Waals surface area contributed by atoms with Gasteiger partial charge in [-0.15, -0.1) is 0 Å². The van der Waals surface area contributed by atoms with Gasteiger partial charge in [-0.05, 0) is 37.5 Å². The minimum Gasteiger partial charge on any atom is -0.352 e. The molecule has 1 amide bonds. The molecule has 0 bridgehead atoms. The van der Waals surface area contributed by atoms with E-state index in [2.05, 4.69) is 21.4 Å². The van der Waals surface area contributed by atoms with Crippen molar-refractivity contribution in [3.63, 3.8) is 0 Å². The molecule has 4 heteroatoms. The molecule has 1 saturated carbocycles. The number of nitrogens with zero attached hydrogens (tertiary/aromatic N) is 1. The molecule has 94 valence electrons. The maximum atomic E-state index is 11.7. The molecule has 2 N–H and O–H groups in total. The summed E-state index contributed by atoms with van der Waals surface area (Å²) in [4.78, 5) is 19.3. The second-order valence-corrected chi connectivity index (χ2v) is 5.02. The highest BCUT2D eigenvalue weighted by atomic mass is 16.1. The molecule has 1 heterocycles. The number of fused-ring (bicyclic) bond motifs is 1. The number of aryl methyl sites for hydroxylation is 1. The smallest absolute Gasteiger partial charge is 0.223 e. The van der Waals surface area contributed by atoms with Crippen LogP contribution in [0.5, 0.6) is 0 Å². The summed E-state index contributed by atoms with van der Waals surface area (Å²) in [5.74, 6) is 1.37. The molecule has 1 fully saturated rings. The molecule has 3 rings (SSSR count). The Hall–Kier alpha value is -1.84. The van der Waals surface area contributed by atoms with Gasteiger partial charge in [-0.3, -0.25) is 4.79 Å². The van der Waals surface area contributed by atoms with Crippen molar-refractivity contribution in [3.8, 4) is 0 Å². The Kier molecular flexibility index (Phi) is 2.78. The summed E-state index contributed by atoms with van der Waals surface area (Å²) in [6.07, 6.45) is 3.28. The molecule has 1 aromatic heterocycles. The van der Waals surface area contributed by atoms with Crippen LogP contribution in [0.2, 0.25) is 0 Å². The van der Waals surface area contributed by atoms with E-state index in [-0.39, 0.29) is 11.8 Å². The number of nitrogens with one attached hydrogen (secondary N) is 2. The second kappa shape index (κ2) is 4.44. The number of aromatic nitrogens is 2. The van der Waals surface area contributed by atoms with Crippen LogP contribution < -0.4 is 5.32 Å². The second-order valence-electron chi connectivity index (χ2n) is 5.02. The maximum Gasteiger partial charge on any atom is 0.223 e. The third-order valence-corrected chi connectivity index (χ3v) is 3.61. The highest BCUT2D eigenvalue weighted by molar-refractivity contribution is 5.80. The molecule has 2 aromatic rings. The Morgan fingerprint density at radius 2 is 2.33 bits per heavy atom. The highest BCUT2D eigenvalue weighted by Gasteiger charge is 2.24. The van der Waals surface area contributed by atoms with E-state index in [1.54, 1.807) is 0 Å². The number of aromatic amines is 1. The average Bonchev–Trinajstić information content (AvgIpc) is 2.63. The molecule has 1 aliphatic rings. The van der Waals surface area contributed by atoms with Crippen LogP contribution in [0.3, 0.4) is 0 Å². The topological polar surface area (TPSA) is 57.8 Å². The minimum absolute atomic E-state index is 0.196. The van der Waals surface area contributed by atoms with Crippen molar-refractivity contribution >= 4 is 16.9 Å². The van der Waals surface area contributed by atoms with E-state index in [4.69, 9.17) is 0 Å². The van der Waals surface area contributed by atoms with Gasteiger partial charge in [0.1, 0.15) is 5.82 Å². The first-order chi connectivity index (χ1) is 8.72. The number of H-pyrrole nitrogens is 1. The van der Waals surface area contributed by atoms with Gasteiger partial charge in [0.15, 0.2) is 0 Å². The van der Waals surface area contributed by atoms with E-state index in [9.17, 15) is 4.79 Å². The number of amides is 1. The van der Waals surface area contributed by atoms with Crippen LogP contribution >= 0.6 is 0 Å². The van der Waals surface area contributed by atoms with E-state index in [1.165, 1.54) is 6.42 Å². The Labute approximate surface area is 106 Å². The molecule has 0 saturated heterocycles. The van der Waals surface area contributed by atoms with E-state index >= 15 is 0 Å². The van der Waals surface area contributed by atoms with Crippen LogP contribution in [0.25, 0.3) is 11.0 Å². The minimum atomic E-state index is 0.196. The molecule has 0 spiro atoms. The van der Waals surface area contributed by atoms with Gasteiger partial charge in [0.25, 0.3) is 0 Å². The van der Waals surface area contributed by atoms with Crippen LogP contribution in [0, 0.1) is 12.8 Å². The fourth-order valence-electron chi connectivity index (χ4n) is 2.30. The number of rotatable bonds is 3. The first kappa shape index (κ1) is 11.3. The summed E-state index contributed by atoms with van der Waals surface area (Å²) in [6, 6.07) is 6.06. The van der Waals surface area contributed by atoms with Gasteiger partial charge in [-0.25, -0.2) is 4.98 Å². The lowest BCUT2D eigenvalue weighted by Gasteiger charge is -2.24. The van der Waals surface area contributed by atoms with Gasteiger partial charge < -0.3 is 10.3 Å². The molecule has 0 aliphatic heterocycles. The summed E-state index contributed by atoms with van der Waals surface area (Å²) < 4.78 is 0. The Balaban J connectivity index is 1.68. The zero-order chi connectivity index (χ0) is 12.5. The Morgan fingerprint density at radius 3 is 3.06 bits per heavy atom. The molecule has 0 unspecified atom stereocenters. The van der Waals surface area contributed by atoms with Gasteiger partial charge >= 0.3 is 0 Å². The summed E-state index contributed by atoms with van der Waals surface area (Å²) in [5, 5.41) is 3.00. The number of imidazole rings is 1. The predicted octanol–water partition coefficient (Wildman–Crippen LogP) is 2.29. The number of carbonyl (C=O) groups excluding carboxylic acids is 1. The fourth-order valence-corrected chi connectivity index (χ4v) is 2.30. The SMILES string of the molecule is Cc1nc2ccc(CNC(=O)C3CCC3)cc2[nH]1.